The van der Waals surface area contributed by atoms with Crippen molar-refractivity contribution in [3.8, 4) is 22.5 Å². The molecule has 49 heavy (non-hydrogen) atoms. The molecular weight excluding hydrogens is 620 g/mol. The van der Waals surface area contributed by atoms with Crippen LogP contribution in [0.3, 0.4) is 0 Å². The number of carboxylic acid groups (broad SMARTS) is 1. The Bertz CT molecular complexity index is 1790. The number of imidazole rings is 2. The van der Waals surface area contributed by atoms with E-state index in [0.29, 0.717) is 24.2 Å². The van der Waals surface area contributed by atoms with Crippen molar-refractivity contribution in [3.63, 3.8) is 0 Å². The van der Waals surface area contributed by atoms with E-state index in [9.17, 15) is 14.7 Å². The van der Waals surface area contributed by atoms with Crippen LogP contribution in [-0.4, -0.2) is 69.5 Å². The highest BCUT2D eigenvalue weighted by Crippen LogP contribution is 2.37. The Morgan fingerprint density at radius 3 is 1.71 bits per heavy atom. The maximum Gasteiger partial charge on any atom is 0.338 e. The highest BCUT2D eigenvalue weighted by molar-refractivity contribution is 5.91. The van der Waals surface area contributed by atoms with E-state index in [4.69, 9.17) is 24.2 Å². The molecule has 0 bridgehead atoms. The average Bonchev–Trinajstić information content (AvgIpc) is 3.69. The van der Waals surface area contributed by atoms with E-state index >= 15 is 0 Å². The van der Waals surface area contributed by atoms with Crippen LogP contribution in [0.2, 0.25) is 0 Å². The van der Waals surface area contributed by atoms with Gasteiger partial charge in [0.25, 0.3) is 0 Å². The van der Waals surface area contributed by atoms with Crippen LogP contribution in [0.15, 0.2) is 36.4 Å². The molecule has 2 aliphatic carbocycles. The second-order valence-electron chi connectivity index (χ2n) is 13.7. The first-order valence-electron chi connectivity index (χ1n) is 17.5. The number of aromatic nitrogens is 4. The number of esters is 1. The number of aromatic amines is 2. The maximum atomic E-state index is 13.0. The molecule has 4 aromatic rings. The second kappa shape index (κ2) is 15.1. The van der Waals surface area contributed by atoms with Crippen molar-refractivity contribution < 1.29 is 28.9 Å². The zero-order valence-corrected chi connectivity index (χ0v) is 29.2. The topological polar surface area (TPSA) is 139 Å². The molecular formula is C39H48N4O6. The lowest BCUT2D eigenvalue weighted by Crippen LogP contribution is -2.23. The third-order valence-electron chi connectivity index (χ3n) is 10.4. The number of methoxy groups -OCH3 is 1. The van der Waals surface area contributed by atoms with Crippen LogP contribution in [0.25, 0.3) is 22.5 Å². The molecule has 0 radical (unpaired) electrons. The van der Waals surface area contributed by atoms with Crippen LogP contribution in [-0.2, 0) is 14.2 Å². The Morgan fingerprint density at radius 2 is 1.20 bits per heavy atom. The number of carbonyl (C=O) groups is 2. The molecule has 0 saturated heterocycles. The number of hydrogen-bond donors (Lipinski definition) is 3. The first-order chi connectivity index (χ1) is 23.6. The van der Waals surface area contributed by atoms with Gasteiger partial charge in [0.05, 0.1) is 41.3 Å². The van der Waals surface area contributed by atoms with E-state index in [2.05, 4.69) is 9.97 Å². The minimum absolute atomic E-state index is 0.104. The van der Waals surface area contributed by atoms with Crippen LogP contribution < -0.4 is 0 Å². The first kappa shape index (κ1) is 34.6. The fourth-order valence-electron chi connectivity index (χ4n) is 7.40. The Hall–Kier alpha value is -4.28. The average molecular weight is 669 g/mol. The van der Waals surface area contributed by atoms with Gasteiger partial charge in [-0.2, -0.15) is 0 Å². The molecule has 0 amide bonds. The summed E-state index contributed by atoms with van der Waals surface area (Å²) in [5.74, 6) is 1.31. The molecule has 260 valence electrons. The van der Waals surface area contributed by atoms with Gasteiger partial charge in [-0.15, -0.1) is 0 Å². The SMILES string of the molecule is COC1CCC(c2nc(-c3cc(C(=O)OCCOC4CCC(c5nc(-c6cc(C(=O)O)ccc6C)c(C)[nH]5)CC4)ccc3C)c(C)[nH]2)CC1. The fraction of sp³-hybridized carbons (Fsp3) is 0.487. The number of benzene rings is 2. The minimum atomic E-state index is -0.947. The molecule has 2 aliphatic rings. The number of nitrogens with one attached hydrogen (secondary N) is 2. The summed E-state index contributed by atoms with van der Waals surface area (Å²) in [5.41, 5.74) is 8.22. The van der Waals surface area contributed by atoms with E-state index in [1.807, 2.05) is 52.0 Å². The van der Waals surface area contributed by atoms with Gasteiger partial charge >= 0.3 is 11.9 Å². The lowest BCUT2D eigenvalue weighted by atomic mass is 9.87. The fourth-order valence-corrected chi connectivity index (χ4v) is 7.40. The van der Waals surface area contributed by atoms with Crippen molar-refractivity contribution >= 4 is 11.9 Å². The Kier molecular flexibility index (Phi) is 10.6. The molecule has 0 atom stereocenters. The summed E-state index contributed by atoms with van der Waals surface area (Å²) in [7, 11) is 1.79. The van der Waals surface area contributed by atoms with Gasteiger partial charge in [0.2, 0.25) is 0 Å². The number of hydrogen-bond acceptors (Lipinski definition) is 7. The van der Waals surface area contributed by atoms with Crippen molar-refractivity contribution in [2.45, 2.75) is 103 Å². The number of aryl methyl sites for hydroxylation is 4. The van der Waals surface area contributed by atoms with Gasteiger partial charge < -0.3 is 29.3 Å². The van der Waals surface area contributed by atoms with Crippen LogP contribution in [0.4, 0.5) is 0 Å². The highest BCUT2D eigenvalue weighted by Gasteiger charge is 2.27. The zero-order chi connectivity index (χ0) is 34.7. The molecule has 6 rings (SSSR count). The Balaban J connectivity index is 0.985. The molecule has 0 aliphatic heterocycles. The number of rotatable bonds is 11. The van der Waals surface area contributed by atoms with Gasteiger partial charge in [-0.3, -0.25) is 0 Å². The molecule has 10 heteroatoms. The van der Waals surface area contributed by atoms with E-state index in [1.54, 1.807) is 19.2 Å². The third kappa shape index (κ3) is 7.81. The van der Waals surface area contributed by atoms with Gasteiger partial charge in [0, 0.05) is 41.5 Å². The van der Waals surface area contributed by atoms with E-state index in [1.165, 1.54) is 0 Å². The number of ether oxygens (including phenoxy) is 3. The summed E-state index contributed by atoms with van der Waals surface area (Å²) in [6.07, 6.45) is 8.28. The van der Waals surface area contributed by atoms with E-state index in [0.717, 1.165) is 108 Å². The molecule has 2 aromatic heterocycles. The largest absolute Gasteiger partial charge is 0.478 e. The van der Waals surface area contributed by atoms with Crippen molar-refractivity contribution in [3.05, 3.63) is 81.7 Å². The molecule has 0 unspecified atom stereocenters. The second-order valence-corrected chi connectivity index (χ2v) is 13.7. The number of carboxylic acids is 1. The van der Waals surface area contributed by atoms with Gasteiger partial charge in [0.15, 0.2) is 0 Å². The standard InChI is InChI=1S/C39H48N4O6/c1-22-6-8-28(38(44)45)20-32(22)34-24(3)40-37(42-34)27-12-16-31(17-13-27)48-18-19-49-39(46)29-9-7-23(2)33(21-29)35-25(4)41-36(43-35)26-10-14-30(47-5)15-11-26/h6-9,20-21,26-27,30-31H,10-19H2,1-5H3,(H,40,42)(H,41,43)(H,44,45). The van der Waals surface area contributed by atoms with Crippen LogP contribution in [0.5, 0.6) is 0 Å². The monoisotopic (exact) mass is 668 g/mol. The first-order valence-corrected chi connectivity index (χ1v) is 17.5. The lowest BCUT2D eigenvalue weighted by Gasteiger charge is -2.27. The third-order valence-corrected chi connectivity index (χ3v) is 10.4. The molecule has 2 heterocycles. The molecule has 3 N–H and O–H groups in total. The van der Waals surface area contributed by atoms with Crippen molar-refractivity contribution in [1.29, 1.82) is 0 Å². The molecule has 2 fully saturated rings. The van der Waals surface area contributed by atoms with Crippen molar-refractivity contribution in [1.82, 2.24) is 19.9 Å². The minimum Gasteiger partial charge on any atom is -0.478 e. The quantitative estimate of drug-likeness (QED) is 0.108. The Labute approximate surface area is 288 Å². The van der Waals surface area contributed by atoms with Gasteiger partial charge in [0.1, 0.15) is 18.3 Å². The summed E-state index contributed by atoms with van der Waals surface area (Å²) < 4.78 is 17.3. The summed E-state index contributed by atoms with van der Waals surface area (Å²) >= 11 is 0. The maximum absolute atomic E-state index is 13.0. The molecule has 0 spiro atoms. The van der Waals surface area contributed by atoms with E-state index in [-0.39, 0.29) is 30.2 Å². The summed E-state index contributed by atoms with van der Waals surface area (Å²) in [5, 5.41) is 9.45. The number of aromatic carboxylic acids is 1. The van der Waals surface area contributed by atoms with Gasteiger partial charge in [-0.05, 0) is 114 Å². The van der Waals surface area contributed by atoms with Crippen LogP contribution >= 0.6 is 0 Å². The molecule has 2 aromatic carbocycles. The number of carbonyl (C=O) groups excluding carboxylic acids is 1. The highest BCUT2D eigenvalue weighted by atomic mass is 16.6. The molecule has 10 nitrogen and oxygen atoms in total. The normalized spacial score (nSPS) is 21.1. The predicted molar refractivity (Wildman–Crippen MR) is 187 cm³/mol. The van der Waals surface area contributed by atoms with Gasteiger partial charge in [-0.1, -0.05) is 12.1 Å². The van der Waals surface area contributed by atoms with Crippen LogP contribution in [0, 0.1) is 27.7 Å². The van der Waals surface area contributed by atoms with Crippen molar-refractivity contribution in [2.24, 2.45) is 0 Å². The van der Waals surface area contributed by atoms with Crippen molar-refractivity contribution in [2.75, 3.05) is 20.3 Å². The smallest absolute Gasteiger partial charge is 0.338 e. The van der Waals surface area contributed by atoms with Crippen LogP contribution in [0.1, 0.15) is 118 Å². The zero-order valence-electron chi connectivity index (χ0n) is 29.2. The number of H-pyrrole nitrogens is 2. The summed E-state index contributed by atoms with van der Waals surface area (Å²) in [6.45, 7) is 8.56. The Morgan fingerprint density at radius 1 is 0.714 bits per heavy atom. The number of nitrogens with zero attached hydrogens (tertiary/aromatic N) is 2. The predicted octanol–water partition coefficient (Wildman–Crippen LogP) is 7.97. The summed E-state index contributed by atoms with van der Waals surface area (Å²) in [6, 6.07) is 10.8. The lowest BCUT2D eigenvalue weighted by molar-refractivity contribution is -0.00736. The van der Waals surface area contributed by atoms with E-state index < -0.39 is 5.97 Å². The molecule has 2 saturated carbocycles. The van der Waals surface area contributed by atoms with Gasteiger partial charge in [-0.25, -0.2) is 19.6 Å². The summed E-state index contributed by atoms with van der Waals surface area (Å²) in [4.78, 5) is 41.5.